The molecule has 1 heterocycles. The minimum atomic E-state index is -0.110. The molecule has 0 bridgehead atoms. The van der Waals surface area contributed by atoms with Crippen molar-refractivity contribution < 1.29 is 4.79 Å². The number of imidazole rings is 1. The van der Waals surface area contributed by atoms with E-state index in [9.17, 15) is 4.79 Å². The molecule has 1 aromatic heterocycles. The number of hydrogen-bond acceptors (Lipinski definition) is 4. The first-order valence-corrected chi connectivity index (χ1v) is 9.78. The van der Waals surface area contributed by atoms with Gasteiger partial charge in [0.25, 0.3) is 0 Å². The number of thioether (sulfide) groups is 1. The van der Waals surface area contributed by atoms with E-state index in [4.69, 9.17) is 5.26 Å². The Kier molecular flexibility index (Phi) is 4.95. The van der Waals surface area contributed by atoms with Crippen LogP contribution < -0.4 is 5.32 Å². The predicted octanol–water partition coefficient (Wildman–Crippen LogP) is 4.49. The molecule has 3 aromatic rings. The minimum Gasteiger partial charge on any atom is -0.325 e. The van der Waals surface area contributed by atoms with Gasteiger partial charge in [-0.15, -0.1) is 0 Å². The monoisotopic (exact) mass is 374 g/mol. The Labute approximate surface area is 162 Å². The van der Waals surface area contributed by atoms with Gasteiger partial charge >= 0.3 is 0 Å². The molecule has 1 N–H and O–H groups in total. The number of nitrogens with one attached hydrogen (secondary N) is 1. The Balaban J connectivity index is 1.46. The zero-order valence-electron chi connectivity index (χ0n) is 14.6. The van der Waals surface area contributed by atoms with Crippen LogP contribution in [0.4, 0.5) is 5.69 Å². The molecule has 1 fully saturated rings. The molecule has 0 atom stereocenters. The van der Waals surface area contributed by atoms with E-state index in [1.54, 1.807) is 24.3 Å². The molecule has 6 heteroatoms. The lowest BCUT2D eigenvalue weighted by molar-refractivity contribution is -0.113. The molecule has 2 aromatic carbocycles. The molecule has 1 saturated carbocycles. The normalized spacial score (nSPS) is 13.1. The number of carbonyl (C=O) groups excluding carboxylic acids is 1. The summed E-state index contributed by atoms with van der Waals surface area (Å²) in [4.78, 5) is 16.9. The summed E-state index contributed by atoms with van der Waals surface area (Å²) in [5, 5.41) is 12.7. The van der Waals surface area contributed by atoms with E-state index in [1.807, 2.05) is 24.4 Å². The molecule has 1 aliphatic carbocycles. The highest BCUT2D eigenvalue weighted by molar-refractivity contribution is 7.99. The van der Waals surface area contributed by atoms with Crippen LogP contribution in [0.2, 0.25) is 0 Å². The van der Waals surface area contributed by atoms with Crippen LogP contribution in [0.5, 0.6) is 0 Å². The van der Waals surface area contributed by atoms with Gasteiger partial charge in [-0.2, -0.15) is 5.26 Å². The summed E-state index contributed by atoms with van der Waals surface area (Å²) in [5.74, 6) is 0.163. The van der Waals surface area contributed by atoms with Gasteiger partial charge < -0.3 is 9.88 Å². The standard InChI is InChI=1S/C21H18N4OS/c22-12-15-5-4-8-17(11-15)24-20(26)14-27-21-23-13-19(25(21)18-9-10-18)16-6-2-1-3-7-16/h1-8,11,13,18H,9-10,14H2,(H,24,26). The molecular formula is C21H18N4OS. The van der Waals surface area contributed by atoms with Crippen molar-refractivity contribution in [2.45, 2.75) is 24.0 Å². The number of nitrogens with zero attached hydrogens (tertiary/aromatic N) is 3. The lowest BCUT2D eigenvalue weighted by Gasteiger charge is -2.11. The van der Waals surface area contributed by atoms with Crippen molar-refractivity contribution in [3.8, 4) is 17.3 Å². The number of benzene rings is 2. The van der Waals surface area contributed by atoms with E-state index >= 15 is 0 Å². The summed E-state index contributed by atoms with van der Waals surface area (Å²) in [7, 11) is 0. The highest BCUT2D eigenvalue weighted by Crippen LogP contribution is 2.41. The summed E-state index contributed by atoms with van der Waals surface area (Å²) < 4.78 is 2.25. The van der Waals surface area contributed by atoms with E-state index in [1.165, 1.54) is 11.8 Å². The number of aromatic nitrogens is 2. The fourth-order valence-corrected chi connectivity index (χ4v) is 3.80. The quantitative estimate of drug-likeness (QED) is 0.646. The first-order chi connectivity index (χ1) is 13.2. The molecule has 5 nitrogen and oxygen atoms in total. The molecule has 0 radical (unpaired) electrons. The van der Waals surface area contributed by atoms with E-state index < -0.39 is 0 Å². The molecule has 0 saturated heterocycles. The van der Waals surface area contributed by atoms with E-state index in [2.05, 4.69) is 33.1 Å². The molecule has 134 valence electrons. The van der Waals surface area contributed by atoms with Gasteiger partial charge in [0.1, 0.15) is 0 Å². The zero-order chi connectivity index (χ0) is 18.6. The lowest BCUT2D eigenvalue weighted by atomic mass is 10.2. The minimum absolute atomic E-state index is 0.110. The molecule has 4 rings (SSSR count). The van der Waals surface area contributed by atoms with E-state index in [-0.39, 0.29) is 11.7 Å². The van der Waals surface area contributed by atoms with Crippen molar-refractivity contribution >= 4 is 23.4 Å². The highest BCUT2D eigenvalue weighted by atomic mass is 32.2. The third-order valence-corrected chi connectivity index (χ3v) is 5.32. The third kappa shape index (κ3) is 4.04. The molecule has 1 amide bonds. The van der Waals surface area contributed by atoms with Crippen LogP contribution in [0.25, 0.3) is 11.3 Å². The smallest absolute Gasteiger partial charge is 0.234 e. The summed E-state index contributed by atoms with van der Waals surface area (Å²) in [6, 6.07) is 19.7. The van der Waals surface area contributed by atoms with Crippen molar-refractivity contribution in [1.29, 1.82) is 5.26 Å². The third-order valence-electron chi connectivity index (χ3n) is 4.35. The number of rotatable bonds is 6. The van der Waals surface area contributed by atoms with Gasteiger partial charge in [0.15, 0.2) is 5.16 Å². The Morgan fingerprint density at radius 1 is 1.22 bits per heavy atom. The van der Waals surface area contributed by atoms with Crippen molar-refractivity contribution in [2.24, 2.45) is 0 Å². The molecular weight excluding hydrogens is 356 g/mol. The number of anilines is 1. The lowest BCUT2D eigenvalue weighted by Crippen LogP contribution is -2.14. The second kappa shape index (κ2) is 7.68. The van der Waals surface area contributed by atoms with Crippen LogP contribution in [0.15, 0.2) is 66.0 Å². The average Bonchev–Trinajstić information content (AvgIpc) is 3.46. The maximum atomic E-state index is 12.3. The van der Waals surface area contributed by atoms with Crippen LogP contribution in [0.3, 0.4) is 0 Å². The average molecular weight is 374 g/mol. The van der Waals surface area contributed by atoms with Crippen LogP contribution >= 0.6 is 11.8 Å². The van der Waals surface area contributed by atoms with Crippen molar-refractivity contribution in [3.05, 3.63) is 66.4 Å². The predicted molar refractivity (Wildman–Crippen MR) is 106 cm³/mol. The molecule has 27 heavy (non-hydrogen) atoms. The molecule has 0 aliphatic heterocycles. The first kappa shape index (κ1) is 17.4. The fourth-order valence-electron chi connectivity index (χ4n) is 2.95. The second-order valence-electron chi connectivity index (χ2n) is 6.42. The number of amides is 1. The summed E-state index contributed by atoms with van der Waals surface area (Å²) in [5.41, 5.74) is 3.40. The molecule has 0 spiro atoms. The zero-order valence-corrected chi connectivity index (χ0v) is 15.4. The largest absolute Gasteiger partial charge is 0.325 e. The number of nitriles is 1. The van der Waals surface area contributed by atoms with Gasteiger partial charge in [-0.05, 0) is 36.6 Å². The topological polar surface area (TPSA) is 70.7 Å². The highest BCUT2D eigenvalue weighted by Gasteiger charge is 2.29. The first-order valence-electron chi connectivity index (χ1n) is 8.80. The maximum Gasteiger partial charge on any atom is 0.234 e. The molecule has 1 aliphatic rings. The van der Waals surface area contributed by atoms with Crippen LogP contribution in [-0.4, -0.2) is 21.2 Å². The van der Waals surface area contributed by atoms with Gasteiger partial charge in [-0.3, -0.25) is 4.79 Å². The van der Waals surface area contributed by atoms with E-state index in [0.717, 1.165) is 29.3 Å². The number of hydrogen-bond donors (Lipinski definition) is 1. The van der Waals surface area contributed by atoms with Crippen LogP contribution in [0.1, 0.15) is 24.4 Å². The molecule has 0 unspecified atom stereocenters. The van der Waals surface area contributed by atoms with Crippen LogP contribution in [-0.2, 0) is 4.79 Å². The van der Waals surface area contributed by atoms with Gasteiger partial charge in [0.2, 0.25) is 5.91 Å². The van der Waals surface area contributed by atoms with Gasteiger partial charge in [-0.1, -0.05) is 48.2 Å². The van der Waals surface area contributed by atoms with E-state index in [0.29, 0.717) is 17.3 Å². The SMILES string of the molecule is N#Cc1cccc(NC(=O)CSc2ncc(-c3ccccc3)n2C2CC2)c1. The van der Waals surface area contributed by atoms with Crippen LogP contribution in [0, 0.1) is 11.3 Å². The number of carbonyl (C=O) groups is 1. The Morgan fingerprint density at radius 3 is 2.78 bits per heavy atom. The Bertz CT molecular complexity index is 1000. The summed E-state index contributed by atoms with van der Waals surface area (Å²) in [6.45, 7) is 0. The Morgan fingerprint density at radius 2 is 2.04 bits per heavy atom. The van der Waals surface area contributed by atoms with Gasteiger partial charge in [0.05, 0.1) is 29.3 Å². The Hall–Kier alpha value is -3.04. The summed E-state index contributed by atoms with van der Waals surface area (Å²) in [6.07, 6.45) is 4.19. The van der Waals surface area contributed by atoms with Crippen molar-refractivity contribution in [1.82, 2.24) is 9.55 Å². The summed E-state index contributed by atoms with van der Waals surface area (Å²) >= 11 is 1.44. The fraction of sp³-hybridized carbons (Fsp3) is 0.190. The van der Waals surface area contributed by atoms with Crippen molar-refractivity contribution in [2.75, 3.05) is 11.1 Å². The maximum absolute atomic E-state index is 12.3. The van der Waals surface area contributed by atoms with Gasteiger partial charge in [-0.25, -0.2) is 4.98 Å². The second-order valence-corrected chi connectivity index (χ2v) is 7.37. The van der Waals surface area contributed by atoms with Crippen molar-refractivity contribution in [3.63, 3.8) is 0 Å². The van der Waals surface area contributed by atoms with Gasteiger partial charge in [0, 0.05) is 11.7 Å².